The Kier molecular flexibility index (Phi) is 5.41. The van der Waals surface area contributed by atoms with Crippen molar-refractivity contribution in [3.63, 3.8) is 0 Å². The van der Waals surface area contributed by atoms with E-state index in [1.165, 1.54) is 25.1 Å². The predicted molar refractivity (Wildman–Crippen MR) is 82.5 cm³/mol. The minimum atomic E-state index is 0.647. The van der Waals surface area contributed by atoms with Crippen LogP contribution in [0.2, 0.25) is 0 Å². The van der Waals surface area contributed by atoms with Gasteiger partial charge < -0.3 is 10.2 Å². The maximum Gasteiger partial charge on any atom is 0.0208 e. The van der Waals surface area contributed by atoms with E-state index < -0.39 is 0 Å². The highest BCUT2D eigenvalue weighted by molar-refractivity contribution is 5.32. The van der Waals surface area contributed by atoms with Crippen LogP contribution in [-0.2, 0) is 6.54 Å². The summed E-state index contributed by atoms with van der Waals surface area (Å²) in [5.74, 6) is 1.45. The third kappa shape index (κ3) is 3.80. The van der Waals surface area contributed by atoms with Crippen LogP contribution in [-0.4, -0.2) is 31.1 Å². The number of hydrogen-bond acceptors (Lipinski definition) is 2. The van der Waals surface area contributed by atoms with Gasteiger partial charge in [-0.3, -0.25) is 0 Å². The number of nitrogens with one attached hydrogen (secondary N) is 1. The third-order valence-corrected chi connectivity index (χ3v) is 4.39. The molecule has 0 aromatic heterocycles. The van der Waals surface area contributed by atoms with Crippen molar-refractivity contribution in [3.05, 3.63) is 35.4 Å². The summed E-state index contributed by atoms with van der Waals surface area (Å²) < 4.78 is 0. The van der Waals surface area contributed by atoms with Gasteiger partial charge in [-0.1, -0.05) is 51.5 Å². The number of likely N-dealkylation sites (N-methyl/N-ethyl adjacent to an activating group) is 1. The Hall–Kier alpha value is -0.860. The monoisotopic (exact) mass is 260 g/mol. The van der Waals surface area contributed by atoms with Crippen molar-refractivity contribution in [2.75, 3.05) is 26.2 Å². The fourth-order valence-electron chi connectivity index (χ4n) is 2.96. The first-order valence-electron chi connectivity index (χ1n) is 7.75. The number of rotatable bonds is 6. The molecule has 2 unspecified atom stereocenters. The van der Waals surface area contributed by atoms with Crippen molar-refractivity contribution in [1.82, 2.24) is 10.2 Å². The van der Waals surface area contributed by atoms with Crippen LogP contribution in [0.25, 0.3) is 0 Å². The van der Waals surface area contributed by atoms with Crippen molar-refractivity contribution in [2.45, 2.75) is 39.7 Å². The smallest absolute Gasteiger partial charge is 0.0208 e. The van der Waals surface area contributed by atoms with Gasteiger partial charge in [0.25, 0.3) is 0 Å². The molecule has 2 rings (SSSR count). The molecule has 1 aromatic rings. The first-order chi connectivity index (χ1) is 9.24. The zero-order valence-corrected chi connectivity index (χ0v) is 12.7. The van der Waals surface area contributed by atoms with Gasteiger partial charge in [0, 0.05) is 32.1 Å². The summed E-state index contributed by atoms with van der Waals surface area (Å²) in [6.07, 6.45) is 1.27. The molecule has 1 aliphatic heterocycles. The molecule has 0 saturated carbocycles. The largest absolute Gasteiger partial charge is 0.312 e. The van der Waals surface area contributed by atoms with E-state index in [4.69, 9.17) is 0 Å². The lowest BCUT2D eigenvalue weighted by molar-refractivity contribution is 0.227. The van der Waals surface area contributed by atoms with Crippen molar-refractivity contribution in [2.24, 2.45) is 5.92 Å². The van der Waals surface area contributed by atoms with E-state index in [2.05, 4.69) is 55.3 Å². The Balaban J connectivity index is 2.02. The van der Waals surface area contributed by atoms with Crippen LogP contribution in [0, 0.1) is 5.92 Å². The lowest BCUT2D eigenvalue weighted by Gasteiger charge is -2.32. The van der Waals surface area contributed by atoms with Gasteiger partial charge in [-0.15, -0.1) is 0 Å². The van der Waals surface area contributed by atoms with E-state index in [1.54, 1.807) is 5.56 Å². The lowest BCUT2D eigenvalue weighted by Crippen LogP contribution is -2.38. The summed E-state index contributed by atoms with van der Waals surface area (Å²) in [6.45, 7) is 12.6. The van der Waals surface area contributed by atoms with Crippen molar-refractivity contribution in [1.29, 1.82) is 0 Å². The first kappa shape index (κ1) is 14.5. The molecule has 1 heterocycles. The zero-order chi connectivity index (χ0) is 13.7. The highest BCUT2D eigenvalue weighted by Crippen LogP contribution is 2.24. The molecule has 0 aliphatic carbocycles. The van der Waals surface area contributed by atoms with E-state index >= 15 is 0 Å². The topological polar surface area (TPSA) is 15.3 Å². The summed E-state index contributed by atoms with van der Waals surface area (Å²) in [6, 6.07) is 8.92. The lowest BCUT2D eigenvalue weighted by atomic mass is 9.90. The molecular formula is C17H28N2. The van der Waals surface area contributed by atoms with Gasteiger partial charge in [-0.25, -0.2) is 0 Å². The van der Waals surface area contributed by atoms with E-state index in [1.807, 2.05) is 0 Å². The first-order valence-corrected chi connectivity index (χ1v) is 7.75. The number of benzene rings is 1. The summed E-state index contributed by atoms with van der Waals surface area (Å²) in [4.78, 5) is 2.61. The second-order valence-electron chi connectivity index (χ2n) is 5.89. The molecule has 2 heteroatoms. The molecule has 0 radical (unpaired) electrons. The molecule has 0 saturated heterocycles. The number of hydrogen-bond donors (Lipinski definition) is 1. The second kappa shape index (κ2) is 7.06. The molecule has 19 heavy (non-hydrogen) atoms. The average molecular weight is 260 g/mol. The van der Waals surface area contributed by atoms with Crippen LogP contribution in [0.3, 0.4) is 0 Å². The second-order valence-corrected chi connectivity index (χ2v) is 5.89. The quantitative estimate of drug-likeness (QED) is 0.844. The minimum absolute atomic E-state index is 0.647. The van der Waals surface area contributed by atoms with Crippen LogP contribution >= 0.6 is 0 Å². The molecular weight excluding hydrogens is 232 g/mol. The van der Waals surface area contributed by atoms with Gasteiger partial charge in [0.2, 0.25) is 0 Å². The average Bonchev–Trinajstić information content (AvgIpc) is 2.46. The van der Waals surface area contributed by atoms with Crippen LogP contribution in [0.15, 0.2) is 24.3 Å². The Morgan fingerprint density at radius 2 is 2.11 bits per heavy atom. The van der Waals surface area contributed by atoms with Crippen LogP contribution in [0.1, 0.15) is 44.2 Å². The van der Waals surface area contributed by atoms with E-state index in [0.717, 1.165) is 25.6 Å². The van der Waals surface area contributed by atoms with Crippen LogP contribution in [0.4, 0.5) is 0 Å². The van der Waals surface area contributed by atoms with Gasteiger partial charge in [0.05, 0.1) is 0 Å². The maximum absolute atomic E-state index is 3.56. The Bertz CT molecular complexity index is 389. The van der Waals surface area contributed by atoms with E-state index in [-0.39, 0.29) is 0 Å². The third-order valence-electron chi connectivity index (χ3n) is 4.39. The molecule has 0 amide bonds. The van der Waals surface area contributed by atoms with Crippen molar-refractivity contribution < 1.29 is 0 Å². The van der Waals surface area contributed by atoms with E-state index in [0.29, 0.717) is 5.92 Å². The van der Waals surface area contributed by atoms with Gasteiger partial charge in [0.1, 0.15) is 0 Å². The summed E-state index contributed by atoms with van der Waals surface area (Å²) in [5.41, 5.74) is 3.04. The number of nitrogens with zero attached hydrogens (tertiary/aromatic N) is 1. The molecule has 2 atom stereocenters. The predicted octanol–water partition coefficient (Wildman–Crippen LogP) is 3.24. The van der Waals surface area contributed by atoms with Crippen molar-refractivity contribution >= 4 is 0 Å². The Morgan fingerprint density at radius 1 is 1.32 bits per heavy atom. The fraction of sp³-hybridized carbons (Fsp3) is 0.647. The molecule has 1 aromatic carbocycles. The van der Waals surface area contributed by atoms with Gasteiger partial charge in [0.15, 0.2) is 0 Å². The molecule has 0 spiro atoms. The zero-order valence-electron chi connectivity index (χ0n) is 12.7. The summed E-state index contributed by atoms with van der Waals surface area (Å²) in [7, 11) is 0. The molecule has 106 valence electrons. The van der Waals surface area contributed by atoms with Crippen LogP contribution in [0.5, 0.6) is 0 Å². The van der Waals surface area contributed by atoms with Gasteiger partial charge in [-0.05, 0) is 23.6 Å². The minimum Gasteiger partial charge on any atom is -0.312 e. The molecule has 0 fully saturated rings. The van der Waals surface area contributed by atoms with Crippen LogP contribution < -0.4 is 5.32 Å². The highest BCUT2D eigenvalue weighted by atomic mass is 15.1. The summed E-state index contributed by atoms with van der Waals surface area (Å²) >= 11 is 0. The summed E-state index contributed by atoms with van der Waals surface area (Å²) in [5, 5.41) is 3.56. The fourth-order valence-corrected chi connectivity index (χ4v) is 2.96. The Labute approximate surface area is 118 Å². The SMILES string of the molecule is CCC(C)CN(CC)CC1CNCc2ccccc21. The molecule has 1 N–H and O–H groups in total. The normalized spacial score (nSPS) is 20.3. The van der Waals surface area contributed by atoms with Crippen molar-refractivity contribution in [3.8, 4) is 0 Å². The van der Waals surface area contributed by atoms with Gasteiger partial charge in [-0.2, -0.15) is 0 Å². The maximum atomic E-state index is 3.56. The molecule has 1 aliphatic rings. The Morgan fingerprint density at radius 3 is 2.84 bits per heavy atom. The molecule has 0 bridgehead atoms. The highest BCUT2D eigenvalue weighted by Gasteiger charge is 2.21. The van der Waals surface area contributed by atoms with E-state index in [9.17, 15) is 0 Å². The number of fused-ring (bicyclic) bond motifs is 1. The van der Waals surface area contributed by atoms with Gasteiger partial charge >= 0.3 is 0 Å². The molecule has 2 nitrogen and oxygen atoms in total. The standard InChI is InChI=1S/C17H28N2/c1-4-14(3)12-19(5-2)13-16-11-18-10-15-8-6-7-9-17(15)16/h6-9,14,16,18H,4-5,10-13H2,1-3H3.